The largest absolute Gasteiger partial charge is 0.348 e. The van der Waals surface area contributed by atoms with Gasteiger partial charge in [-0.1, -0.05) is 19.4 Å². The van der Waals surface area contributed by atoms with Crippen molar-refractivity contribution in [1.29, 1.82) is 0 Å². The predicted molar refractivity (Wildman–Crippen MR) is 110 cm³/mol. The minimum atomic E-state index is -0.925. The van der Waals surface area contributed by atoms with Gasteiger partial charge in [-0.25, -0.2) is 9.69 Å². The molecule has 0 atom stereocenters. The second kappa shape index (κ2) is 8.73. The standard InChI is InChI=1S/C21H25N3O4S/c1-4-5-9-23-19(26)20(27)24(21(23)28)13-18(25)17-12-14(2)22(15(17)3)10-8-16-7-6-11-29-16/h6-7,11-12H,4-5,8-10,13H2,1-3H3. The van der Waals surface area contributed by atoms with Gasteiger partial charge in [0.2, 0.25) is 0 Å². The zero-order valence-electron chi connectivity index (χ0n) is 16.9. The van der Waals surface area contributed by atoms with Crippen LogP contribution in [0.4, 0.5) is 4.79 Å². The summed E-state index contributed by atoms with van der Waals surface area (Å²) in [6.45, 7) is 6.25. The Bertz CT molecular complexity index is 946. The van der Waals surface area contributed by atoms with Crippen molar-refractivity contribution < 1.29 is 19.2 Å². The summed E-state index contributed by atoms with van der Waals surface area (Å²) in [7, 11) is 0. The molecule has 154 valence electrons. The van der Waals surface area contributed by atoms with Crippen LogP contribution in [0.15, 0.2) is 23.6 Å². The van der Waals surface area contributed by atoms with Crippen LogP contribution in [0.25, 0.3) is 0 Å². The van der Waals surface area contributed by atoms with E-state index in [1.807, 2.05) is 32.2 Å². The summed E-state index contributed by atoms with van der Waals surface area (Å²) in [6.07, 6.45) is 2.28. The number of ketones is 1. The average molecular weight is 416 g/mol. The third kappa shape index (κ3) is 4.17. The van der Waals surface area contributed by atoms with Gasteiger partial charge in [0.1, 0.15) is 0 Å². The van der Waals surface area contributed by atoms with Crippen LogP contribution in [0.5, 0.6) is 0 Å². The summed E-state index contributed by atoms with van der Waals surface area (Å²) < 4.78 is 2.07. The zero-order valence-corrected chi connectivity index (χ0v) is 17.8. The molecular formula is C21H25N3O4S. The Morgan fingerprint density at radius 1 is 1.07 bits per heavy atom. The van der Waals surface area contributed by atoms with Gasteiger partial charge >= 0.3 is 17.8 Å². The molecule has 1 aliphatic rings. The van der Waals surface area contributed by atoms with E-state index in [0.717, 1.165) is 40.6 Å². The SMILES string of the molecule is CCCCN1C(=O)C(=O)N(CC(=O)c2cc(C)n(CCc3cccs3)c2C)C1=O. The number of urea groups is 1. The van der Waals surface area contributed by atoms with Gasteiger partial charge in [0.25, 0.3) is 0 Å². The molecule has 8 heteroatoms. The van der Waals surface area contributed by atoms with Crippen LogP contribution in [0, 0.1) is 13.8 Å². The fourth-order valence-electron chi connectivity index (χ4n) is 3.54. The summed E-state index contributed by atoms with van der Waals surface area (Å²) in [5, 5.41) is 2.04. The van der Waals surface area contributed by atoms with Gasteiger partial charge in [0, 0.05) is 34.9 Å². The number of hydrogen-bond acceptors (Lipinski definition) is 5. The van der Waals surface area contributed by atoms with Gasteiger partial charge in [-0.05, 0) is 44.2 Å². The van der Waals surface area contributed by atoms with E-state index in [1.54, 1.807) is 17.4 Å². The number of imide groups is 2. The Balaban J connectivity index is 1.72. The molecule has 0 unspecified atom stereocenters. The van der Waals surface area contributed by atoms with Crippen molar-refractivity contribution in [2.45, 2.75) is 46.6 Å². The van der Waals surface area contributed by atoms with Gasteiger partial charge in [-0.3, -0.25) is 19.3 Å². The van der Waals surface area contributed by atoms with Gasteiger partial charge in [0.05, 0.1) is 6.54 Å². The third-order valence-corrected chi connectivity index (χ3v) is 6.14. The lowest BCUT2D eigenvalue weighted by atomic mass is 10.1. The maximum Gasteiger partial charge on any atom is 0.334 e. The molecule has 0 N–H and O–H groups in total. The first-order valence-corrected chi connectivity index (χ1v) is 10.6. The second-order valence-electron chi connectivity index (χ2n) is 7.17. The van der Waals surface area contributed by atoms with E-state index < -0.39 is 24.4 Å². The van der Waals surface area contributed by atoms with E-state index in [2.05, 4.69) is 10.6 Å². The Morgan fingerprint density at radius 3 is 2.45 bits per heavy atom. The van der Waals surface area contributed by atoms with E-state index in [-0.39, 0.29) is 12.3 Å². The Hall–Kier alpha value is -2.74. The second-order valence-corrected chi connectivity index (χ2v) is 8.21. The normalized spacial score (nSPS) is 14.4. The van der Waals surface area contributed by atoms with Crippen LogP contribution in [-0.4, -0.2) is 51.1 Å². The number of carbonyl (C=O) groups excluding carboxylic acids is 4. The van der Waals surface area contributed by atoms with Gasteiger partial charge in [-0.15, -0.1) is 11.3 Å². The van der Waals surface area contributed by atoms with Crippen LogP contribution in [-0.2, 0) is 22.6 Å². The highest BCUT2D eigenvalue weighted by atomic mass is 32.1. The predicted octanol–water partition coefficient (Wildman–Crippen LogP) is 3.18. The number of nitrogens with zero attached hydrogens (tertiary/aromatic N) is 3. The van der Waals surface area contributed by atoms with Crippen molar-refractivity contribution in [2.75, 3.05) is 13.1 Å². The van der Waals surface area contributed by atoms with Crippen molar-refractivity contribution in [3.63, 3.8) is 0 Å². The summed E-state index contributed by atoms with van der Waals surface area (Å²) >= 11 is 1.70. The van der Waals surface area contributed by atoms with Gasteiger partial charge in [0.15, 0.2) is 5.78 Å². The van der Waals surface area contributed by atoms with Crippen LogP contribution >= 0.6 is 11.3 Å². The summed E-state index contributed by atoms with van der Waals surface area (Å²) in [5.41, 5.74) is 2.23. The molecule has 3 heterocycles. The highest BCUT2D eigenvalue weighted by Gasteiger charge is 2.44. The number of amides is 4. The number of unbranched alkanes of at least 4 members (excludes halogenated alkanes) is 1. The monoisotopic (exact) mass is 415 g/mol. The number of aromatic nitrogens is 1. The highest BCUT2D eigenvalue weighted by molar-refractivity contribution is 7.09. The third-order valence-electron chi connectivity index (χ3n) is 5.21. The summed E-state index contributed by atoms with van der Waals surface area (Å²) in [5.74, 6) is -2.11. The van der Waals surface area contributed by atoms with E-state index in [1.165, 1.54) is 4.88 Å². The lowest BCUT2D eigenvalue weighted by Crippen LogP contribution is -2.37. The minimum absolute atomic E-state index is 0.196. The molecule has 4 amide bonds. The zero-order chi connectivity index (χ0) is 21.1. The Morgan fingerprint density at radius 2 is 1.79 bits per heavy atom. The van der Waals surface area contributed by atoms with Crippen LogP contribution in [0.2, 0.25) is 0 Å². The molecule has 0 bridgehead atoms. The molecule has 3 rings (SSSR count). The molecule has 7 nitrogen and oxygen atoms in total. The fourth-order valence-corrected chi connectivity index (χ4v) is 4.23. The van der Waals surface area contributed by atoms with Crippen LogP contribution in [0.3, 0.4) is 0 Å². The summed E-state index contributed by atoms with van der Waals surface area (Å²) in [4.78, 5) is 52.5. The molecule has 0 aromatic carbocycles. The molecule has 29 heavy (non-hydrogen) atoms. The topological polar surface area (TPSA) is 79.7 Å². The molecule has 0 radical (unpaired) electrons. The number of rotatable bonds is 9. The summed E-state index contributed by atoms with van der Waals surface area (Å²) in [6, 6.07) is 5.18. The average Bonchev–Trinajstić information content (AvgIpc) is 3.36. The number of thiophene rings is 1. The molecule has 2 aromatic heterocycles. The van der Waals surface area contributed by atoms with E-state index >= 15 is 0 Å². The first-order valence-electron chi connectivity index (χ1n) is 9.74. The van der Waals surface area contributed by atoms with E-state index in [9.17, 15) is 19.2 Å². The molecule has 0 spiro atoms. The van der Waals surface area contributed by atoms with Crippen molar-refractivity contribution >= 4 is 35.0 Å². The van der Waals surface area contributed by atoms with E-state index in [4.69, 9.17) is 0 Å². The quantitative estimate of drug-likeness (QED) is 0.358. The number of aryl methyl sites for hydroxylation is 2. The molecule has 0 saturated carbocycles. The van der Waals surface area contributed by atoms with Crippen LogP contribution in [0.1, 0.15) is 46.4 Å². The maximum atomic E-state index is 12.9. The number of carbonyl (C=O) groups is 4. The lowest BCUT2D eigenvalue weighted by molar-refractivity contribution is -0.143. The van der Waals surface area contributed by atoms with Crippen molar-refractivity contribution in [3.8, 4) is 0 Å². The first-order chi connectivity index (χ1) is 13.8. The maximum absolute atomic E-state index is 12.9. The first kappa shape index (κ1) is 21.0. The van der Waals surface area contributed by atoms with Crippen molar-refractivity contribution in [1.82, 2.24) is 14.4 Å². The van der Waals surface area contributed by atoms with Crippen molar-refractivity contribution in [3.05, 3.63) is 45.4 Å². The van der Waals surface area contributed by atoms with Crippen LogP contribution < -0.4 is 0 Å². The Kier molecular flexibility index (Phi) is 6.32. The van der Waals surface area contributed by atoms with Gasteiger partial charge < -0.3 is 4.57 Å². The fraction of sp³-hybridized carbons (Fsp3) is 0.429. The Labute approximate surface area is 173 Å². The number of Topliss-reactive ketones (excluding diaryl/α,β-unsaturated/α-hetero) is 1. The molecular weight excluding hydrogens is 390 g/mol. The molecule has 1 fully saturated rings. The lowest BCUT2D eigenvalue weighted by Gasteiger charge is -2.14. The van der Waals surface area contributed by atoms with Gasteiger partial charge in [-0.2, -0.15) is 0 Å². The molecule has 1 saturated heterocycles. The molecule has 2 aromatic rings. The van der Waals surface area contributed by atoms with Crippen molar-refractivity contribution in [2.24, 2.45) is 0 Å². The van der Waals surface area contributed by atoms with E-state index in [0.29, 0.717) is 12.0 Å². The molecule has 0 aliphatic carbocycles. The smallest absolute Gasteiger partial charge is 0.334 e. The number of hydrogen-bond donors (Lipinski definition) is 0. The minimum Gasteiger partial charge on any atom is -0.348 e. The molecule has 1 aliphatic heterocycles. The highest BCUT2D eigenvalue weighted by Crippen LogP contribution is 2.20.